The molecular weight excluding hydrogens is 445 g/mol. The zero-order chi connectivity index (χ0) is 17.8. The molecule has 2 aliphatic rings. The van der Waals surface area contributed by atoms with Crippen molar-refractivity contribution in [1.29, 1.82) is 0 Å². The number of guanidine groups is 1. The molecule has 1 N–H and O–H groups in total. The van der Waals surface area contributed by atoms with Gasteiger partial charge in [-0.05, 0) is 25.4 Å². The first-order chi connectivity index (χ1) is 12.1. The van der Waals surface area contributed by atoms with Crippen molar-refractivity contribution in [3.05, 3.63) is 12.4 Å². The molecule has 1 unspecified atom stereocenters. The maximum atomic E-state index is 12.5. The normalized spacial score (nSPS) is 21.9. The highest BCUT2D eigenvalue weighted by atomic mass is 127. The van der Waals surface area contributed by atoms with Crippen LogP contribution < -0.4 is 10.2 Å². The van der Waals surface area contributed by atoms with Gasteiger partial charge in [-0.1, -0.05) is 6.92 Å². The Morgan fingerprint density at radius 1 is 1.38 bits per heavy atom. The van der Waals surface area contributed by atoms with Crippen LogP contribution >= 0.6 is 24.0 Å². The van der Waals surface area contributed by atoms with Gasteiger partial charge in [0.1, 0.15) is 6.54 Å². The highest BCUT2D eigenvalue weighted by Gasteiger charge is 2.28. The molecule has 146 valence electrons. The van der Waals surface area contributed by atoms with E-state index in [-0.39, 0.29) is 29.9 Å². The average Bonchev–Trinajstić information content (AvgIpc) is 3.24. The van der Waals surface area contributed by atoms with Crippen molar-refractivity contribution in [2.45, 2.75) is 13.3 Å². The Morgan fingerprint density at radius 2 is 2.19 bits per heavy atom. The van der Waals surface area contributed by atoms with Gasteiger partial charge in [-0.25, -0.2) is 0 Å². The summed E-state index contributed by atoms with van der Waals surface area (Å²) < 4.78 is 1.72. The number of amides is 1. The second-order valence-electron chi connectivity index (χ2n) is 6.82. The van der Waals surface area contributed by atoms with E-state index in [0.717, 1.165) is 37.8 Å². The Bertz CT molecular complexity index is 632. The summed E-state index contributed by atoms with van der Waals surface area (Å²) in [6, 6.07) is 0. The number of nitrogens with one attached hydrogen (secondary N) is 1. The van der Waals surface area contributed by atoms with Crippen molar-refractivity contribution in [1.82, 2.24) is 24.9 Å². The molecule has 0 radical (unpaired) electrons. The van der Waals surface area contributed by atoms with Crippen molar-refractivity contribution in [2.75, 3.05) is 57.8 Å². The minimum Gasteiger partial charge on any atom is -0.356 e. The molecule has 0 bridgehead atoms. The number of carbonyl (C=O) groups excluding carboxylic acids is 1. The van der Waals surface area contributed by atoms with Gasteiger partial charge in [-0.15, -0.1) is 24.0 Å². The van der Waals surface area contributed by atoms with Crippen molar-refractivity contribution in [3.8, 4) is 0 Å². The smallest absolute Gasteiger partial charge is 0.246 e. The first kappa shape index (κ1) is 20.9. The van der Waals surface area contributed by atoms with Gasteiger partial charge in [0.2, 0.25) is 5.91 Å². The monoisotopic (exact) mass is 475 g/mol. The molecular formula is C17H30IN7O. The topological polar surface area (TPSA) is 69.0 Å². The van der Waals surface area contributed by atoms with Crippen LogP contribution in [0.5, 0.6) is 0 Å². The summed E-state index contributed by atoms with van der Waals surface area (Å²) in [5, 5.41) is 7.62. The van der Waals surface area contributed by atoms with Gasteiger partial charge < -0.3 is 20.0 Å². The van der Waals surface area contributed by atoms with Gasteiger partial charge in [0, 0.05) is 46.5 Å². The number of halogens is 1. The number of aryl methyl sites for hydroxylation is 1. The van der Waals surface area contributed by atoms with E-state index in [2.05, 4.69) is 27.2 Å². The molecule has 1 atom stereocenters. The van der Waals surface area contributed by atoms with Crippen molar-refractivity contribution in [2.24, 2.45) is 18.0 Å². The lowest BCUT2D eigenvalue weighted by Gasteiger charge is -2.35. The third kappa shape index (κ3) is 4.87. The maximum absolute atomic E-state index is 12.5. The number of carbonyl (C=O) groups is 1. The largest absolute Gasteiger partial charge is 0.356 e. The summed E-state index contributed by atoms with van der Waals surface area (Å²) in [6.45, 7) is 8.35. The summed E-state index contributed by atoms with van der Waals surface area (Å²) in [7, 11) is 3.64. The number of hydrogen-bond donors (Lipinski definition) is 1. The Hall–Kier alpha value is -1.36. The third-order valence-electron chi connectivity index (χ3n) is 5.10. The fourth-order valence-corrected chi connectivity index (χ4v) is 3.61. The Kier molecular flexibility index (Phi) is 7.69. The van der Waals surface area contributed by atoms with Crippen LogP contribution in [0.3, 0.4) is 0 Å². The van der Waals surface area contributed by atoms with Gasteiger partial charge in [0.05, 0.1) is 11.9 Å². The number of piperazine rings is 1. The summed E-state index contributed by atoms with van der Waals surface area (Å²) in [6.07, 6.45) is 4.84. The first-order valence-electron chi connectivity index (χ1n) is 9.07. The number of likely N-dealkylation sites (tertiary alicyclic amines) is 1. The van der Waals surface area contributed by atoms with Crippen LogP contribution in [-0.4, -0.2) is 84.3 Å². The van der Waals surface area contributed by atoms with Crippen LogP contribution in [0.2, 0.25) is 0 Å². The number of anilines is 1. The lowest BCUT2D eigenvalue weighted by Crippen LogP contribution is -2.55. The molecule has 3 heterocycles. The van der Waals surface area contributed by atoms with Crippen LogP contribution in [0.4, 0.5) is 5.69 Å². The van der Waals surface area contributed by atoms with Gasteiger partial charge in [0.15, 0.2) is 5.96 Å². The number of nitrogens with zero attached hydrogens (tertiary/aromatic N) is 6. The SMILES string of the molecule is CCN1CCC(CNC(=NC)N2CCN(c3cnn(C)c3)C(=O)C2)C1.I. The van der Waals surface area contributed by atoms with Gasteiger partial charge in [-0.2, -0.15) is 5.10 Å². The molecule has 1 aromatic rings. The predicted octanol–water partition coefficient (Wildman–Crippen LogP) is 0.604. The Morgan fingerprint density at radius 3 is 2.77 bits per heavy atom. The highest BCUT2D eigenvalue weighted by molar-refractivity contribution is 14.0. The fraction of sp³-hybridized carbons (Fsp3) is 0.706. The van der Waals surface area contributed by atoms with E-state index >= 15 is 0 Å². The van der Waals surface area contributed by atoms with Crippen LogP contribution in [0, 0.1) is 5.92 Å². The molecule has 2 aliphatic heterocycles. The van der Waals surface area contributed by atoms with Crippen molar-refractivity contribution >= 4 is 41.5 Å². The van der Waals surface area contributed by atoms with Crippen LogP contribution in [0.1, 0.15) is 13.3 Å². The highest BCUT2D eigenvalue weighted by Crippen LogP contribution is 2.17. The predicted molar refractivity (Wildman–Crippen MR) is 114 cm³/mol. The molecule has 0 saturated carbocycles. The zero-order valence-electron chi connectivity index (χ0n) is 15.9. The molecule has 8 nitrogen and oxygen atoms in total. The molecule has 1 aromatic heterocycles. The summed E-state index contributed by atoms with van der Waals surface area (Å²) >= 11 is 0. The Balaban J connectivity index is 0.00000243. The number of aromatic nitrogens is 2. The lowest BCUT2D eigenvalue weighted by molar-refractivity contribution is -0.120. The maximum Gasteiger partial charge on any atom is 0.246 e. The minimum atomic E-state index is 0. The van der Waals surface area contributed by atoms with Gasteiger partial charge in [-0.3, -0.25) is 14.5 Å². The van der Waals surface area contributed by atoms with Crippen LogP contribution in [-0.2, 0) is 11.8 Å². The quantitative estimate of drug-likeness (QED) is 0.393. The molecule has 3 rings (SSSR count). The molecule has 2 saturated heterocycles. The molecule has 0 aliphatic carbocycles. The van der Waals surface area contributed by atoms with E-state index in [9.17, 15) is 4.79 Å². The van der Waals surface area contributed by atoms with Gasteiger partial charge in [0.25, 0.3) is 0 Å². The molecule has 0 spiro atoms. The summed E-state index contributed by atoms with van der Waals surface area (Å²) in [4.78, 5) is 23.2. The van der Waals surface area contributed by atoms with Gasteiger partial charge >= 0.3 is 0 Å². The van der Waals surface area contributed by atoms with E-state index in [1.54, 1.807) is 22.8 Å². The third-order valence-corrected chi connectivity index (χ3v) is 5.10. The molecule has 9 heteroatoms. The average molecular weight is 475 g/mol. The molecule has 1 amide bonds. The molecule has 2 fully saturated rings. The first-order valence-corrected chi connectivity index (χ1v) is 9.07. The lowest BCUT2D eigenvalue weighted by atomic mass is 10.1. The molecule has 0 aromatic carbocycles. The van der Waals surface area contributed by atoms with E-state index in [1.807, 2.05) is 18.1 Å². The zero-order valence-corrected chi connectivity index (χ0v) is 18.2. The number of aliphatic imine (C=N–C) groups is 1. The number of rotatable bonds is 4. The molecule has 26 heavy (non-hydrogen) atoms. The van der Waals surface area contributed by atoms with Crippen LogP contribution in [0.25, 0.3) is 0 Å². The summed E-state index contributed by atoms with van der Waals surface area (Å²) in [5.74, 6) is 1.57. The van der Waals surface area contributed by atoms with Crippen LogP contribution in [0.15, 0.2) is 17.4 Å². The van der Waals surface area contributed by atoms with E-state index < -0.39 is 0 Å². The second kappa shape index (κ2) is 9.54. The van der Waals surface area contributed by atoms with Crippen molar-refractivity contribution in [3.63, 3.8) is 0 Å². The number of hydrogen-bond acceptors (Lipinski definition) is 4. The second-order valence-corrected chi connectivity index (χ2v) is 6.82. The van der Waals surface area contributed by atoms with E-state index in [0.29, 0.717) is 19.0 Å². The van der Waals surface area contributed by atoms with E-state index in [4.69, 9.17) is 0 Å². The van der Waals surface area contributed by atoms with E-state index in [1.165, 1.54) is 13.0 Å². The Labute approximate surface area is 172 Å². The minimum absolute atomic E-state index is 0. The fourth-order valence-electron chi connectivity index (χ4n) is 3.61. The summed E-state index contributed by atoms with van der Waals surface area (Å²) in [5.41, 5.74) is 0.862. The van der Waals surface area contributed by atoms with Crippen molar-refractivity contribution < 1.29 is 4.79 Å². The standard InChI is InChI=1S/C17H29N7O.HI/c1-4-22-6-5-14(11-22)9-19-17(18-2)23-7-8-24(16(25)13-23)15-10-20-21(3)12-15;/h10,12,14H,4-9,11,13H2,1-3H3,(H,18,19);1H.